The van der Waals surface area contributed by atoms with Gasteiger partial charge in [-0.3, -0.25) is 4.79 Å². The lowest BCUT2D eigenvalue weighted by Gasteiger charge is -2.26. The highest BCUT2D eigenvalue weighted by molar-refractivity contribution is 6.00. The Morgan fingerprint density at radius 3 is 2.39 bits per heavy atom. The maximum absolute atomic E-state index is 12.8. The molecule has 2 aromatic rings. The highest BCUT2D eigenvalue weighted by Crippen LogP contribution is 2.32. The first-order valence-corrected chi connectivity index (χ1v) is 8.63. The molecule has 0 saturated heterocycles. The Kier molecular flexibility index (Phi) is 5.31. The van der Waals surface area contributed by atoms with Crippen LogP contribution in [0.25, 0.3) is 0 Å². The number of amides is 1. The van der Waals surface area contributed by atoms with Gasteiger partial charge >= 0.3 is 12.3 Å². The van der Waals surface area contributed by atoms with Crippen molar-refractivity contribution in [3.63, 3.8) is 0 Å². The number of ether oxygens (including phenoxy) is 2. The molecule has 28 heavy (non-hydrogen) atoms. The standard InChI is InChI=1S/C20H18F3NO4/c1-12-11-15-5-3-4-6-17(15)24(12)18(25)13(2)27-19(26)14-7-9-16(10-8-14)28-20(21,22)23/h3-10,12-13H,11H2,1-2H3/t12-,13+/m1/s1. The Hall–Kier alpha value is -3.03. The minimum Gasteiger partial charge on any atom is -0.449 e. The van der Waals surface area contributed by atoms with E-state index in [2.05, 4.69) is 4.74 Å². The second kappa shape index (κ2) is 7.53. The maximum Gasteiger partial charge on any atom is 0.573 e. The monoisotopic (exact) mass is 393 g/mol. The van der Waals surface area contributed by atoms with Crippen LogP contribution in [0.2, 0.25) is 0 Å². The van der Waals surface area contributed by atoms with E-state index in [0.717, 1.165) is 35.5 Å². The third-order valence-corrected chi connectivity index (χ3v) is 4.40. The molecule has 0 spiro atoms. The number of alkyl halides is 3. The fourth-order valence-electron chi connectivity index (χ4n) is 3.17. The molecule has 3 rings (SSSR count). The first-order valence-electron chi connectivity index (χ1n) is 8.63. The fraction of sp³-hybridized carbons (Fsp3) is 0.300. The third-order valence-electron chi connectivity index (χ3n) is 4.40. The van der Waals surface area contributed by atoms with Crippen molar-refractivity contribution in [2.75, 3.05) is 4.90 Å². The first-order chi connectivity index (χ1) is 13.2. The SMILES string of the molecule is C[C@H](OC(=O)c1ccc(OC(F)(F)F)cc1)C(=O)N1c2ccccc2C[C@H]1C. The first kappa shape index (κ1) is 19.7. The Morgan fingerprint density at radius 2 is 1.75 bits per heavy atom. The summed E-state index contributed by atoms with van der Waals surface area (Å²) in [5.41, 5.74) is 1.85. The molecular formula is C20H18F3NO4. The van der Waals surface area contributed by atoms with Crippen LogP contribution in [0.5, 0.6) is 5.75 Å². The third kappa shape index (κ3) is 4.27. The van der Waals surface area contributed by atoms with Gasteiger partial charge in [0.05, 0.1) is 5.56 Å². The van der Waals surface area contributed by atoms with E-state index in [1.165, 1.54) is 6.92 Å². The van der Waals surface area contributed by atoms with Crippen molar-refractivity contribution in [2.24, 2.45) is 0 Å². The number of esters is 1. The number of fused-ring (bicyclic) bond motifs is 1. The molecule has 2 aromatic carbocycles. The molecular weight excluding hydrogens is 375 g/mol. The zero-order valence-corrected chi connectivity index (χ0v) is 15.2. The van der Waals surface area contributed by atoms with Crippen molar-refractivity contribution in [3.05, 3.63) is 59.7 Å². The summed E-state index contributed by atoms with van der Waals surface area (Å²) in [7, 11) is 0. The Bertz CT molecular complexity index is 880. The van der Waals surface area contributed by atoms with E-state index in [-0.39, 0.29) is 17.5 Å². The number of anilines is 1. The van der Waals surface area contributed by atoms with Crippen molar-refractivity contribution < 1.29 is 32.2 Å². The summed E-state index contributed by atoms with van der Waals surface area (Å²) in [5.74, 6) is -1.61. The highest BCUT2D eigenvalue weighted by atomic mass is 19.4. The normalized spacial score (nSPS) is 17.0. The zero-order chi connectivity index (χ0) is 20.5. The van der Waals surface area contributed by atoms with Crippen LogP contribution < -0.4 is 9.64 Å². The number of hydrogen-bond acceptors (Lipinski definition) is 4. The average molecular weight is 393 g/mol. The number of carbonyl (C=O) groups is 2. The summed E-state index contributed by atoms with van der Waals surface area (Å²) in [6.07, 6.45) is -5.15. The molecule has 0 unspecified atom stereocenters. The summed E-state index contributed by atoms with van der Waals surface area (Å²) in [5, 5.41) is 0. The topological polar surface area (TPSA) is 55.8 Å². The van der Waals surface area contributed by atoms with Crippen LogP contribution in [-0.2, 0) is 16.0 Å². The molecule has 0 aliphatic carbocycles. The molecule has 8 heteroatoms. The molecule has 2 atom stereocenters. The number of para-hydroxylation sites is 1. The van der Waals surface area contributed by atoms with Crippen LogP contribution in [0.1, 0.15) is 29.8 Å². The maximum atomic E-state index is 12.8. The number of hydrogen-bond donors (Lipinski definition) is 0. The molecule has 148 valence electrons. The summed E-state index contributed by atoms with van der Waals surface area (Å²) < 4.78 is 45.5. The lowest BCUT2D eigenvalue weighted by molar-refractivity contribution is -0.274. The predicted octanol–water partition coefficient (Wildman–Crippen LogP) is 4.11. The van der Waals surface area contributed by atoms with Gasteiger partial charge in [0.25, 0.3) is 5.91 Å². The average Bonchev–Trinajstić information content (AvgIpc) is 2.95. The van der Waals surface area contributed by atoms with Gasteiger partial charge in [0.1, 0.15) is 5.75 Å². The smallest absolute Gasteiger partial charge is 0.449 e. The van der Waals surface area contributed by atoms with Gasteiger partial charge in [-0.05, 0) is 56.2 Å². The van der Waals surface area contributed by atoms with Crippen molar-refractivity contribution in [1.82, 2.24) is 0 Å². The Balaban J connectivity index is 1.66. The number of rotatable bonds is 4. The number of nitrogens with zero attached hydrogens (tertiary/aromatic N) is 1. The molecule has 1 aliphatic rings. The van der Waals surface area contributed by atoms with E-state index >= 15 is 0 Å². The van der Waals surface area contributed by atoms with Gasteiger partial charge < -0.3 is 14.4 Å². The van der Waals surface area contributed by atoms with Crippen molar-refractivity contribution in [2.45, 2.75) is 38.8 Å². The van der Waals surface area contributed by atoms with Crippen molar-refractivity contribution in [1.29, 1.82) is 0 Å². The zero-order valence-electron chi connectivity index (χ0n) is 15.2. The van der Waals surface area contributed by atoms with Crippen molar-refractivity contribution >= 4 is 17.6 Å². The molecule has 1 amide bonds. The molecule has 1 heterocycles. The molecule has 0 radical (unpaired) electrons. The second-order valence-electron chi connectivity index (χ2n) is 6.51. The lowest BCUT2D eigenvalue weighted by Crippen LogP contribution is -2.43. The van der Waals surface area contributed by atoms with E-state index in [4.69, 9.17) is 4.74 Å². The lowest BCUT2D eigenvalue weighted by atomic mass is 10.1. The molecule has 0 fully saturated rings. The summed E-state index contributed by atoms with van der Waals surface area (Å²) in [4.78, 5) is 26.6. The molecule has 0 aromatic heterocycles. The molecule has 0 bridgehead atoms. The fourth-order valence-corrected chi connectivity index (χ4v) is 3.17. The molecule has 1 aliphatic heterocycles. The number of benzene rings is 2. The largest absolute Gasteiger partial charge is 0.573 e. The summed E-state index contributed by atoms with van der Waals surface area (Å²) in [6.45, 7) is 3.38. The van der Waals surface area contributed by atoms with Crippen LogP contribution >= 0.6 is 0 Å². The minimum atomic E-state index is -4.81. The highest BCUT2D eigenvalue weighted by Gasteiger charge is 2.35. The van der Waals surface area contributed by atoms with Gasteiger partial charge in [0, 0.05) is 11.7 Å². The molecule has 5 nitrogen and oxygen atoms in total. The van der Waals surface area contributed by atoms with E-state index in [1.54, 1.807) is 4.90 Å². The van der Waals surface area contributed by atoms with Gasteiger partial charge in [-0.25, -0.2) is 4.79 Å². The van der Waals surface area contributed by atoms with E-state index in [0.29, 0.717) is 6.42 Å². The summed E-state index contributed by atoms with van der Waals surface area (Å²) in [6, 6.07) is 11.8. The molecule has 0 saturated carbocycles. The van der Waals surface area contributed by atoms with Gasteiger partial charge in [-0.15, -0.1) is 13.2 Å². The second-order valence-corrected chi connectivity index (χ2v) is 6.51. The van der Waals surface area contributed by atoms with Crippen LogP contribution in [0.3, 0.4) is 0 Å². The van der Waals surface area contributed by atoms with Crippen molar-refractivity contribution in [3.8, 4) is 5.75 Å². The van der Waals surface area contributed by atoms with E-state index in [9.17, 15) is 22.8 Å². The molecule has 0 N–H and O–H groups in total. The van der Waals surface area contributed by atoms with Gasteiger partial charge in [-0.2, -0.15) is 0 Å². The van der Waals surface area contributed by atoms with Crippen LogP contribution in [-0.4, -0.2) is 30.4 Å². The van der Waals surface area contributed by atoms with E-state index < -0.39 is 24.2 Å². The number of halogens is 3. The predicted molar refractivity (Wildman–Crippen MR) is 95.1 cm³/mol. The van der Waals surface area contributed by atoms with Gasteiger partial charge in [-0.1, -0.05) is 18.2 Å². The van der Waals surface area contributed by atoms with Gasteiger partial charge in [0.2, 0.25) is 0 Å². The van der Waals surface area contributed by atoms with Crippen LogP contribution in [0, 0.1) is 0 Å². The van der Waals surface area contributed by atoms with Crippen LogP contribution in [0.15, 0.2) is 48.5 Å². The summed E-state index contributed by atoms with van der Waals surface area (Å²) >= 11 is 0. The minimum absolute atomic E-state index is 0.0176. The van der Waals surface area contributed by atoms with Crippen LogP contribution in [0.4, 0.5) is 18.9 Å². The quantitative estimate of drug-likeness (QED) is 0.734. The number of carbonyl (C=O) groups excluding carboxylic acids is 2. The van der Waals surface area contributed by atoms with Gasteiger partial charge in [0.15, 0.2) is 6.10 Å². The Morgan fingerprint density at radius 1 is 1.11 bits per heavy atom. The van der Waals surface area contributed by atoms with E-state index in [1.807, 2.05) is 31.2 Å². The Labute approximate surface area is 159 Å².